The van der Waals surface area contributed by atoms with Crippen molar-refractivity contribution in [3.05, 3.63) is 59.4 Å². The zero-order valence-corrected chi connectivity index (χ0v) is 22.3. The van der Waals surface area contributed by atoms with Gasteiger partial charge in [0.15, 0.2) is 0 Å². The molecule has 39 heavy (non-hydrogen) atoms. The molecule has 0 radical (unpaired) electrons. The molecular weight excluding hydrogens is 501 g/mol. The van der Waals surface area contributed by atoms with Crippen LogP contribution in [0, 0.1) is 11.7 Å². The van der Waals surface area contributed by atoms with Gasteiger partial charge in [0.2, 0.25) is 5.91 Å². The fourth-order valence-electron chi connectivity index (χ4n) is 5.84. The zero-order chi connectivity index (χ0) is 27.4. The smallest absolute Gasteiger partial charge is 0.257 e. The number of ether oxygens (including phenoxy) is 2. The van der Waals surface area contributed by atoms with Gasteiger partial charge < -0.3 is 25.0 Å². The molecule has 9 heteroatoms. The van der Waals surface area contributed by atoms with Crippen LogP contribution in [0.15, 0.2) is 42.5 Å². The molecule has 2 aromatic rings. The van der Waals surface area contributed by atoms with Crippen molar-refractivity contribution in [1.82, 2.24) is 10.2 Å². The van der Waals surface area contributed by atoms with Crippen LogP contribution in [0.4, 0.5) is 10.1 Å². The molecular formula is C30H36FN3O5. The van der Waals surface area contributed by atoms with Gasteiger partial charge >= 0.3 is 0 Å². The Morgan fingerprint density at radius 1 is 1.03 bits per heavy atom. The number of likely N-dealkylation sites (N-methyl/N-ethyl adjacent to an activating group) is 1. The van der Waals surface area contributed by atoms with Crippen LogP contribution in [-0.2, 0) is 9.53 Å². The predicted octanol–water partition coefficient (Wildman–Crippen LogP) is 4.55. The predicted molar refractivity (Wildman–Crippen MR) is 144 cm³/mol. The summed E-state index contributed by atoms with van der Waals surface area (Å²) in [6, 6.07) is 9.96. The van der Waals surface area contributed by atoms with E-state index in [-0.39, 0.29) is 36.7 Å². The molecule has 2 N–H and O–H groups in total. The maximum atomic E-state index is 13.5. The summed E-state index contributed by atoms with van der Waals surface area (Å²) in [6.07, 6.45) is 7.28. The van der Waals surface area contributed by atoms with Gasteiger partial charge in [0.1, 0.15) is 24.3 Å². The molecule has 2 heterocycles. The Labute approximate surface area is 228 Å². The molecule has 3 amide bonds. The number of rotatable bonds is 6. The number of nitrogens with one attached hydrogen (secondary N) is 2. The summed E-state index contributed by atoms with van der Waals surface area (Å²) in [5.41, 5.74) is 1.09. The molecule has 3 aliphatic rings. The Morgan fingerprint density at radius 2 is 1.79 bits per heavy atom. The number of fused-ring (bicyclic) bond motifs is 2. The first kappa shape index (κ1) is 27.1. The van der Waals surface area contributed by atoms with Crippen molar-refractivity contribution in [2.24, 2.45) is 5.92 Å². The minimum atomic E-state index is -0.423. The van der Waals surface area contributed by atoms with Crippen LogP contribution in [0.1, 0.15) is 72.1 Å². The van der Waals surface area contributed by atoms with Crippen molar-refractivity contribution in [2.45, 2.75) is 69.6 Å². The van der Waals surface area contributed by atoms with E-state index in [1.165, 1.54) is 56.4 Å². The molecule has 2 aromatic carbocycles. The minimum absolute atomic E-state index is 0.0146. The third kappa shape index (κ3) is 6.58. The van der Waals surface area contributed by atoms with E-state index in [0.717, 1.165) is 6.54 Å². The number of nitrogens with zero attached hydrogens (tertiary/aromatic N) is 1. The summed E-state index contributed by atoms with van der Waals surface area (Å²) >= 11 is 0. The first-order valence-corrected chi connectivity index (χ1v) is 13.9. The van der Waals surface area contributed by atoms with Gasteiger partial charge in [-0.25, -0.2) is 4.39 Å². The highest BCUT2D eigenvalue weighted by molar-refractivity contribution is 6.05. The lowest BCUT2D eigenvalue weighted by atomic mass is 9.89. The Balaban J connectivity index is 1.20. The first-order chi connectivity index (χ1) is 18.9. The van der Waals surface area contributed by atoms with Gasteiger partial charge in [0.05, 0.1) is 24.1 Å². The maximum absolute atomic E-state index is 13.5. The Morgan fingerprint density at radius 3 is 2.56 bits per heavy atom. The van der Waals surface area contributed by atoms with Crippen molar-refractivity contribution in [1.29, 1.82) is 0 Å². The van der Waals surface area contributed by atoms with Gasteiger partial charge in [-0.2, -0.15) is 0 Å². The van der Waals surface area contributed by atoms with Gasteiger partial charge in [0.25, 0.3) is 11.8 Å². The van der Waals surface area contributed by atoms with E-state index in [1.807, 2.05) is 0 Å². The second-order valence-corrected chi connectivity index (χ2v) is 10.9. The number of amides is 3. The van der Waals surface area contributed by atoms with Crippen LogP contribution in [0.2, 0.25) is 0 Å². The van der Waals surface area contributed by atoms with E-state index in [9.17, 15) is 18.8 Å². The van der Waals surface area contributed by atoms with E-state index in [0.29, 0.717) is 47.7 Å². The quantitative estimate of drug-likeness (QED) is 0.564. The molecule has 208 valence electrons. The van der Waals surface area contributed by atoms with Crippen LogP contribution >= 0.6 is 0 Å². The molecule has 5 rings (SSSR count). The maximum Gasteiger partial charge on any atom is 0.257 e. The highest BCUT2D eigenvalue weighted by Gasteiger charge is 2.39. The number of halogens is 1. The van der Waals surface area contributed by atoms with Crippen molar-refractivity contribution in [3.63, 3.8) is 0 Å². The SMILES string of the molecule is CN1C(=O)c2cc(NC(=O)c3ccc(F)cc3)ccc2OC[C@H]2O[C@@H](CC(=O)NCC3CCCCC3)CC[C@H]21. The highest BCUT2D eigenvalue weighted by Crippen LogP contribution is 2.33. The van der Waals surface area contributed by atoms with Crippen molar-refractivity contribution in [3.8, 4) is 5.75 Å². The van der Waals surface area contributed by atoms with E-state index in [2.05, 4.69) is 10.6 Å². The van der Waals surface area contributed by atoms with Crippen LogP contribution in [0.5, 0.6) is 5.75 Å². The van der Waals surface area contributed by atoms with E-state index in [4.69, 9.17) is 9.47 Å². The molecule has 2 aliphatic heterocycles. The molecule has 3 atom stereocenters. The molecule has 1 saturated carbocycles. The van der Waals surface area contributed by atoms with Gasteiger partial charge in [-0.3, -0.25) is 14.4 Å². The van der Waals surface area contributed by atoms with Crippen molar-refractivity contribution >= 4 is 23.4 Å². The van der Waals surface area contributed by atoms with Crippen LogP contribution in [0.25, 0.3) is 0 Å². The van der Waals surface area contributed by atoms with E-state index < -0.39 is 11.7 Å². The Bertz CT molecular complexity index is 1200. The lowest BCUT2D eigenvalue weighted by Crippen LogP contribution is -2.54. The number of hydrogen-bond acceptors (Lipinski definition) is 5. The van der Waals surface area contributed by atoms with Gasteiger partial charge in [-0.15, -0.1) is 0 Å². The molecule has 2 fully saturated rings. The molecule has 1 aliphatic carbocycles. The summed E-state index contributed by atoms with van der Waals surface area (Å²) < 4.78 is 25.5. The van der Waals surface area contributed by atoms with Gasteiger partial charge in [-0.1, -0.05) is 19.3 Å². The molecule has 0 spiro atoms. The number of anilines is 1. The molecule has 1 saturated heterocycles. The number of hydrogen-bond donors (Lipinski definition) is 2. The summed E-state index contributed by atoms with van der Waals surface area (Å²) in [7, 11) is 1.75. The Hall–Kier alpha value is -3.46. The number of carbonyl (C=O) groups excluding carboxylic acids is 3. The second-order valence-electron chi connectivity index (χ2n) is 10.9. The third-order valence-corrected chi connectivity index (χ3v) is 8.10. The lowest BCUT2D eigenvalue weighted by molar-refractivity contribution is -0.134. The monoisotopic (exact) mass is 537 g/mol. The fraction of sp³-hybridized carbons (Fsp3) is 0.500. The normalized spacial score (nSPS) is 23.5. The van der Waals surface area contributed by atoms with Crippen LogP contribution in [0.3, 0.4) is 0 Å². The number of benzene rings is 2. The first-order valence-electron chi connectivity index (χ1n) is 13.9. The van der Waals surface area contributed by atoms with E-state index in [1.54, 1.807) is 30.1 Å². The topological polar surface area (TPSA) is 97.0 Å². The van der Waals surface area contributed by atoms with Crippen LogP contribution < -0.4 is 15.4 Å². The summed E-state index contributed by atoms with van der Waals surface area (Å²) in [5.74, 6) is -0.0637. The molecule has 0 aromatic heterocycles. The second kappa shape index (κ2) is 12.2. The third-order valence-electron chi connectivity index (χ3n) is 8.10. The highest BCUT2D eigenvalue weighted by atomic mass is 19.1. The summed E-state index contributed by atoms with van der Waals surface area (Å²) in [6.45, 7) is 0.984. The van der Waals surface area contributed by atoms with Gasteiger partial charge in [-0.05, 0) is 74.1 Å². The lowest BCUT2D eigenvalue weighted by Gasteiger charge is -2.42. The summed E-state index contributed by atoms with van der Waals surface area (Å²) in [5, 5.41) is 5.85. The zero-order valence-electron chi connectivity index (χ0n) is 22.3. The van der Waals surface area contributed by atoms with Crippen molar-refractivity contribution < 1.29 is 28.2 Å². The molecule has 8 nitrogen and oxygen atoms in total. The van der Waals surface area contributed by atoms with E-state index >= 15 is 0 Å². The molecule has 0 unspecified atom stereocenters. The minimum Gasteiger partial charge on any atom is -0.490 e. The van der Waals surface area contributed by atoms with Gasteiger partial charge in [0, 0.05) is 24.8 Å². The standard InChI is InChI=1S/C30H36FN3O5/c1-34-25-13-12-23(16-28(35)32-17-19-5-3-2-4-6-19)39-27(25)18-38-26-14-11-22(15-24(26)30(34)37)33-29(36)20-7-9-21(31)10-8-20/h7-11,14-15,19,23,25,27H,2-6,12-13,16-18H2,1H3,(H,32,35)(H,33,36)/t23-,25-,27-/m1/s1. The fourth-order valence-corrected chi connectivity index (χ4v) is 5.84. The molecule has 0 bridgehead atoms. The average Bonchev–Trinajstić information content (AvgIpc) is 2.95. The number of carbonyl (C=O) groups is 3. The Kier molecular flexibility index (Phi) is 8.45. The van der Waals surface area contributed by atoms with Crippen molar-refractivity contribution in [2.75, 3.05) is 25.5 Å². The largest absolute Gasteiger partial charge is 0.490 e. The average molecular weight is 538 g/mol. The summed E-state index contributed by atoms with van der Waals surface area (Å²) in [4.78, 5) is 40.3. The van der Waals surface area contributed by atoms with Crippen LogP contribution in [-0.4, -0.2) is 61.1 Å².